The van der Waals surface area contributed by atoms with E-state index >= 15 is 4.39 Å². The number of hydrogen-bond acceptors (Lipinski definition) is 3. The van der Waals surface area contributed by atoms with Gasteiger partial charge in [0.1, 0.15) is 11.6 Å². The van der Waals surface area contributed by atoms with Crippen molar-refractivity contribution in [2.75, 3.05) is 18.0 Å². The second-order valence-electron chi connectivity index (χ2n) is 9.69. The molecule has 1 amide bonds. The number of hydrogen-bond donors (Lipinski definition) is 0. The van der Waals surface area contributed by atoms with Gasteiger partial charge in [0.05, 0.1) is 41.0 Å². The molecule has 0 unspecified atom stereocenters. The van der Waals surface area contributed by atoms with Crippen LogP contribution in [0.2, 0.25) is 0 Å². The third kappa shape index (κ3) is 3.48. The highest BCUT2D eigenvalue weighted by molar-refractivity contribution is 14.1. The first-order chi connectivity index (χ1) is 16.5. The predicted molar refractivity (Wildman–Crippen MR) is 135 cm³/mol. The number of carbonyl (C=O) groups excluding carboxylic acids is 1. The number of amides is 1. The normalized spacial score (nSPS) is 22.9. The van der Waals surface area contributed by atoms with E-state index in [1.807, 2.05) is 47.1 Å². The monoisotopic (exact) mass is 574 g/mol. The molecule has 3 aliphatic rings. The lowest BCUT2D eigenvalue weighted by Gasteiger charge is -2.27. The average Bonchev–Trinajstić information content (AvgIpc) is 3.62. The van der Waals surface area contributed by atoms with Crippen LogP contribution in [0.1, 0.15) is 43.2 Å². The second-order valence-corrected chi connectivity index (χ2v) is 10.7. The molecule has 1 aliphatic carbocycles. The number of carbonyl (C=O) groups is 1. The first-order valence-electron chi connectivity index (χ1n) is 11.8. The Kier molecular flexibility index (Phi) is 5.48. The number of likely N-dealkylation sites (tertiary alicyclic amines) is 1. The highest BCUT2D eigenvalue weighted by Gasteiger charge is 2.55. The van der Waals surface area contributed by atoms with Crippen molar-refractivity contribution in [2.24, 2.45) is 0 Å². The topological polar surface area (TPSA) is 41.4 Å². The summed E-state index contributed by atoms with van der Waals surface area (Å²) in [6, 6.07) is 10.8. The minimum Gasteiger partial charge on any atom is -0.307 e. The smallest absolute Gasteiger partial charge is 0.239 e. The van der Waals surface area contributed by atoms with Crippen LogP contribution in [0.5, 0.6) is 0 Å². The van der Waals surface area contributed by atoms with Crippen LogP contribution >= 0.6 is 22.9 Å². The van der Waals surface area contributed by atoms with Gasteiger partial charge in [0.15, 0.2) is 0 Å². The summed E-state index contributed by atoms with van der Waals surface area (Å²) in [6.45, 7) is 1.62. The maximum Gasteiger partial charge on any atom is 0.239 e. The van der Waals surface area contributed by atoms with Gasteiger partial charge in [-0.1, -0.05) is 31.0 Å². The molecule has 1 atom stereocenters. The molecule has 6 rings (SSSR count). The van der Waals surface area contributed by atoms with Gasteiger partial charge >= 0.3 is 0 Å². The third-order valence-corrected chi connectivity index (χ3v) is 8.36. The van der Waals surface area contributed by atoms with Crippen LogP contribution in [0.25, 0.3) is 11.1 Å². The van der Waals surface area contributed by atoms with E-state index in [1.54, 1.807) is 11.1 Å². The Balaban J connectivity index is 1.32. The SMILES string of the molecule is O=C1N(Cc2cc(F)c(-c3cnn(I)c3)cc2F)c2ccccc2[C@@]12CCN(C1CCCC1)C2. The molecule has 176 valence electrons. The minimum absolute atomic E-state index is 0.00395. The molecule has 1 saturated carbocycles. The van der Waals surface area contributed by atoms with Crippen molar-refractivity contribution in [3.05, 3.63) is 71.6 Å². The van der Waals surface area contributed by atoms with Gasteiger partial charge in [0.25, 0.3) is 0 Å². The fourth-order valence-corrected chi connectivity index (χ4v) is 6.53. The summed E-state index contributed by atoms with van der Waals surface area (Å²) < 4.78 is 31.7. The van der Waals surface area contributed by atoms with Crippen LogP contribution in [0, 0.1) is 11.6 Å². The zero-order chi connectivity index (χ0) is 23.4. The lowest BCUT2D eigenvalue weighted by molar-refractivity contribution is -0.123. The molecule has 3 aromatic rings. The molecule has 1 spiro atoms. The third-order valence-electron chi connectivity index (χ3n) is 7.83. The van der Waals surface area contributed by atoms with E-state index in [0.29, 0.717) is 18.2 Å². The lowest BCUT2D eigenvalue weighted by Crippen LogP contribution is -2.43. The van der Waals surface area contributed by atoms with Gasteiger partial charge in [-0.3, -0.25) is 9.69 Å². The summed E-state index contributed by atoms with van der Waals surface area (Å²) in [5.41, 5.74) is 2.09. The Morgan fingerprint density at radius 1 is 1.12 bits per heavy atom. The molecule has 2 fully saturated rings. The van der Waals surface area contributed by atoms with Crippen molar-refractivity contribution < 1.29 is 13.6 Å². The van der Waals surface area contributed by atoms with Gasteiger partial charge in [-0.15, -0.1) is 0 Å². The highest BCUT2D eigenvalue weighted by atomic mass is 127. The predicted octanol–water partition coefficient (Wildman–Crippen LogP) is 5.46. The van der Waals surface area contributed by atoms with E-state index in [-0.39, 0.29) is 23.6 Å². The number of benzene rings is 2. The van der Waals surface area contributed by atoms with E-state index in [9.17, 15) is 9.18 Å². The van der Waals surface area contributed by atoms with E-state index < -0.39 is 17.0 Å². The summed E-state index contributed by atoms with van der Waals surface area (Å²) in [4.78, 5) is 18.1. The minimum atomic E-state index is -0.594. The van der Waals surface area contributed by atoms with Crippen molar-refractivity contribution in [3.8, 4) is 11.1 Å². The summed E-state index contributed by atoms with van der Waals surface area (Å²) in [7, 11) is 0. The second kappa shape index (κ2) is 8.41. The molecule has 2 aromatic carbocycles. The molecule has 2 aliphatic heterocycles. The van der Waals surface area contributed by atoms with Gasteiger partial charge in [0, 0.05) is 41.2 Å². The van der Waals surface area contributed by atoms with E-state index in [0.717, 1.165) is 24.2 Å². The number of para-hydroxylation sites is 1. The zero-order valence-electron chi connectivity index (χ0n) is 18.7. The number of anilines is 1. The van der Waals surface area contributed by atoms with Crippen LogP contribution in [-0.4, -0.2) is 37.9 Å². The van der Waals surface area contributed by atoms with Gasteiger partial charge in [-0.05, 0) is 49.6 Å². The number of halogens is 3. The van der Waals surface area contributed by atoms with Gasteiger partial charge in [0.2, 0.25) is 5.91 Å². The Bertz CT molecular complexity index is 1270. The van der Waals surface area contributed by atoms with E-state index in [1.165, 1.54) is 46.9 Å². The molecule has 8 heteroatoms. The maximum atomic E-state index is 15.2. The fraction of sp³-hybridized carbons (Fsp3) is 0.385. The summed E-state index contributed by atoms with van der Waals surface area (Å²) >= 11 is 1.96. The standard InChI is InChI=1S/C26H25F2IN4O/c27-22-12-20(18-13-30-33(29)15-18)23(28)11-17(22)14-32-24-8-4-3-7-21(24)26(25(32)34)9-10-31(16-26)19-5-1-2-6-19/h3-4,7-8,11-13,15,19H,1-2,5-6,9-10,14,16H2/t26-/m0/s1. The molecular weight excluding hydrogens is 549 g/mol. The Labute approximate surface area is 211 Å². The molecule has 0 N–H and O–H groups in total. The van der Waals surface area contributed by atoms with Crippen LogP contribution in [0.3, 0.4) is 0 Å². The molecule has 1 saturated heterocycles. The van der Waals surface area contributed by atoms with E-state index in [4.69, 9.17) is 0 Å². The number of fused-ring (bicyclic) bond motifs is 2. The number of nitrogens with zero attached hydrogens (tertiary/aromatic N) is 4. The van der Waals surface area contributed by atoms with Gasteiger partial charge < -0.3 is 4.90 Å². The van der Waals surface area contributed by atoms with Crippen LogP contribution in [-0.2, 0) is 16.8 Å². The van der Waals surface area contributed by atoms with Gasteiger partial charge in [-0.25, -0.2) is 11.7 Å². The molecule has 5 nitrogen and oxygen atoms in total. The zero-order valence-corrected chi connectivity index (χ0v) is 20.8. The van der Waals surface area contributed by atoms with Crippen molar-refractivity contribution in [2.45, 2.75) is 50.1 Å². The number of rotatable bonds is 4. The average molecular weight is 574 g/mol. The quantitative estimate of drug-likeness (QED) is 0.389. The first-order valence-corrected chi connectivity index (χ1v) is 12.8. The molecular formula is C26H25F2IN4O. The van der Waals surface area contributed by atoms with Gasteiger partial charge in [-0.2, -0.15) is 5.10 Å². The number of aromatic nitrogens is 2. The molecule has 34 heavy (non-hydrogen) atoms. The van der Waals surface area contributed by atoms with Crippen molar-refractivity contribution >= 4 is 34.5 Å². The largest absolute Gasteiger partial charge is 0.307 e. The first kappa shape index (κ1) is 22.2. The lowest BCUT2D eigenvalue weighted by atomic mass is 9.81. The van der Waals surface area contributed by atoms with Crippen LogP contribution in [0.4, 0.5) is 14.5 Å². The van der Waals surface area contributed by atoms with Crippen LogP contribution < -0.4 is 4.90 Å². The van der Waals surface area contributed by atoms with Crippen molar-refractivity contribution in [1.82, 2.24) is 12.9 Å². The van der Waals surface area contributed by atoms with Crippen molar-refractivity contribution in [3.63, 3.8) is 0 Å². The highest BCUT2D eigenvalue weighted by Crippen LogP contribution is 2.49. The van der Waals surface area contributed by atoms with Crippen molar-refractivity contribution in [1.29, 1.82) is 0 Å². The van der Waals surface area contributed by atoms with Crippen LogP contribution in [0.15, 0.2) is 48.8 Å². The fourth-order valence-electron chi connectivity index (χ4n) is 6.11. The molecule has 0 radical (unpaired) electrons. The summed E-state index contributed by atoms with van der Waals surface area (Å²) in [6.07, 6.45) is 8.81. The van der Waals surface area contributed by atoms with E-state index in [2.05, 4.69) is 10.00 Å². The Morgan fingerprint density at radius 3 is 2.68 bits per heavy atom. The molecule has 1 aromatic heterocycles. The Hall–Kier alpha value is -2.33. The summed E-state index contributed by atoms with van der Waals surface area (Å²) in [5.74, 6) is -1.05. The summed E-state index contributed by atoms with van der Waals surface area (Å²) in [5, 5.41) is 4.04. The Morgan fingerprint density at radius 2 is 1.91 bits per heavy atom. The molecule has 3 heterocycles. The maximum absolute atomic E-state index is 15.2. The molecule has 0 bridgehead atoms.